The third kappa shape index (κ3) is 3.71. The van der Waals surface area contributed by atoms with Crippen molar-refractivity contribution in [1.82, 2.24) is 10.6 Å². The Morgan fingerprint density at radius 1 is 1.39 bits per heavy atom. The second-order valence-electron chi connectivity index (χ2n) is 6.74. The lowest BCUT2D eigenvalue weighted by atomic mass is 9.78. The maximum absolute atomic E-state index is 11.1. The summed E-state index contributed by atoms with van der Waals surface area (Å²) >= 11 is 0. The van der Waals surface area contributed by atoms with Gasteiger partial charge in [0.15, 0.2) is 0 Å². The lowest BCUT2D eigenvalue weighted by molar-refractivity contribution is -0.119. The largest absolute Gasteiger partial charge is 0.352 e. The molecule has 1 saturated heterocycles. The van der Waals surface area contributed by atoms with Crippen LogP contribution in [0.1, 0.15) is 58.8 Å². The molecule has 2 N–H and O–H groups in total. The number of carbonyl (C=O) groups is 1. The molecule has 1 unspecified atom stereocenters. The van der Waals surface area contributed by atoms with E-state index in [0.29, 0.717) is 17.9 Å². The Morgan fingerprint density at radius 2 is 2.11 bits per heavy atom. The Bertz CT molecular complexity index is 282. The van der Waals surface area contributed by atoms with Gasteiger partial charge in [0.2, 0.25) is 5.91 Å². The fourth-order valence-corrected chi connectivity index (χ4v) is 3.79. The van der Waals surface area contributed by atoms with Crippen LogP contribution < -0.4 is 10.6 Å². The second kappa shape index (κ2) is 6.05. The molecule has 1 aliphatic carbocycles. The third-order valence-corrected chi connectivity index (χ3v) is 4.48. The molecule has 0 aromatic rings. The Balaban J connectivity index is 1.74. The summed E-state index contributed by atoms with van der Waals surface area (Å²) in [5.74, 6) is 1.01. The number of nitrogens with one attached hydrogen (secondary N) is 2. The van der Waals surface area contributed by atoms with Crippen LogP contribution in [0.2, 0.25) is 0 Å². The maximum Gasteiger partial charge on any atom is 0.220 e. The van der Waals surface area contributed by atoms with Crippen LogP contribution in [-0.2, 0) is 4.79 Å². The molecular weight excluding hydrogens is 224 g/mol. The maximum atomic E-state index is 11.1. The Kier molecular flexibility index (Phi) is 4.66. The summed E-state index contributed by atoms with van der Waals surface area (Å²) in [6, 6.07) is 0.370. The summed E-state index contributed by atoms with van der Waals surface area (Å²) in [6.45, 7) is 6.75. The standard InChI is InChI=1S/C15H28N2O/c1-12(2)9-15(7-3-4-8-15)11-16-10-13-5-6-14(18)17-13/h12-13,16H,3-11H2,1-2H3,(H,17,18). The van der Waals surface area contributed by atoms with Crippen molar-refractivity contribution in [3.05, 3.63) is 0 Å². The van der Waals surface area contributed by atoms with Gasteiger partial charge in [-0.3, -0.25) is 4.79 Å². The van der Waals surface area contributed by atoms with Gasteiger partial charge in [-0.25, -0.2) is 0 Å². The number of carbonyl (C=O) groups excluding carboxylic acids is 1. The summed E-state index contributed by atoms with van der Waals surface area (Å²) < 4.78 is 0. The molecule has 0 aromatic carbocycles. The summed E-state index contributed by atoms with van der Waals surface area (Å²) in [6.07, 6.45) is 8.62. The SMILES string of the molecule is CC(C)CC1(CNCC2CCC(=O)N2)CCCC1. The minimum Gasteiger partial charge on any atom is -0.352 e. The molecule has 0 aromatic heterocycles. The third-order valence-electron chi connectivity index (χ3n) is 4.48. The zero-order valence-corrected chi connectivity index (χ0v) is 11.9. The first kappa shape index (κ1) is 13.9. The van der Waals surface area contributed by atoms with Crippen LogP contribution in [0.15, 0.2) is 0 Å². The van der Waals surface area contributed by atoms with E-state index in [1.165, 1.54) is 32.1 Å². The molecule has 1 atom stereocenters. The van der Waals surface area contributed by atoms with E-state index in [1.807, 2.05) is 0 Å². The topological polar surface area (TPSA) is 41.1 Å². The molecule has 0 radical (unpaired) electrons. The summed E-state index contributed by atoms with van der Waals surface area (Å²) in [5.41, 5.74) is 0.538. The predicted molar refractivity (Wildman–Crippen MR) is 74.4 cm³/mol. The lowest BCUT2D eigenvalue weighted by Crippen LogP contribution is -2.40. The van der Waals surface area contributed by atoms with Crippen molar-refractivity contribution in [2.24, 2.45) is 11.3 Å². The highest BCUT2D eigenvalue weighted by Gasteiger charge is 2.34. The van der Waals surface area contributed by atoms with Crippen LogP contribution in [0, 0.1) is 11.3 Å². The Labute approximate surface area is 111 Å². The molecular formula is C15H28N2O. The Hall–Kier alpha value is -0.570. The zero-order valence-electron chi connectivity index (χ0n) is 11.9. The lowest BCUT2D eigenvalue weighted by Gasteiger charge is -2.31. The fraction of sp³-hybridized carbons (Fsp3) is 0.933. The zero-order chi connectivity index (χ0) is 13.0. The minimum atomic E-state index is 0.222. The van der Waals surface area contributed by atoms with E-state index < -0.39 is 0 Å². The van der Waals surface area contributed by atoms with E-state index >= 15 is 0 Å². The molecule has 0 spiro atoms. The van der Waals surface area contributed by atoms with Crippen molar-refractivity contribution >= 4 is 5.91 Å². The van der Waals surface area contributed by atoms with Crippen LogP contribution in [0.4, 0.5) is 0 Å². The van der Waals surface area contributed by atoms with E-state index in [-0.39, 0.29) is 5.91 Å². The molecule has 2 fully saturated rings. The highest BCUT2D eigenvalue weighted by atomic mass is 16.1. The van der Waals surface area contributed by atoms with Crippen LogP contribution in [0.25, 0.3) is 0 Å². The van der Waals surface area contributed by atoms with Gasteiger partial charge in [-0.05, 0) is 37.0 Å². The predicted octanol–water partition coefficient (Wildman–Crippen LogP) is 2.46. The van der Waals surface area contributed by atoms with Gasteiger partial charge < -0.3 is 10.6 Å². The first-order valence-corrected chi connectivity index (χ1v) is 7.60. The van der Waals surface area contributed by atoms with E-state index in [9.17, 15) is 4.79 Å². The van der Waals surface area contributed by atoms with Crippen molar-refractivity contribution in [1.29, 1.82) is 0 Å². The van der Waals surface area contributed by atoms with E-state index in [2.05, 4.69) is 24.5 Å². The van der Waals surface area contributed by atoms with Crippen LogP contribution >= 0.6 is 0 Å². The molecule has 1 aliphatic heterocycles. The average molecular weight is 252 g/mol. The van der Waals surface area contributed by atoms with Crippen molar-refractivity contribution in [2.75, 3.05) is 13.1 Å². The normalized spacial score (nSPS) is 26.8. The first-order valence-electron chi connectivity index (χ1n) is 7.60. The van der Waals surface area contributed by atoms with Gasteiger partial charge in [-0.1, -0.05) is 26.7 Å². The molecule has 104 valence electrons. The van der Waals surface area contributed by atoms with Crippen molar-refractivity contribution < 1.29 is 4.79 Å². The van der Waals surface area contributed by atoms with Gasteiger partial charge in [-0.15, -0.1) is 0 Å². The van der Waals surface area contributed by atoms with E-state index in [1.54, 1.807) is 0 Å². The highest BCUT2D eigenvalue weighted by Crippen LogP contribution is 2.42. The van der Waals surface area contributed by atoms with Crippen LogP contribution in [-0.4, -0.2) is 25.0 Å². The fourth-order valence-electron chi connectivity index (χ4n) is 3.79. The summed E-state index contributed by atoms with van der Waals surface area (Å²) in [7, 11) is 0. The van der Waals surface area contributed by atoms with E-state index in [4.69, 9.17) is 0 Å². The molecule has 1 saturated carbocycles. The second-order valence-corrected chi connectivity index (χ2v) is 6.74. The number of rotatable bonds is 6. The molecule has 3 heteroatoms. The van der Waals surface area contributed by atoms with E-state index in [0.717, 1.165) is 25.4 Å². The molecule has 2 aliphatic rings. The van der Waals surface area contributed by atoms with Crippen molar-refractivity contribution in [3.8, 4) is 0 Å². The van der Waals surface area contributed by atoms with Crippen molar-refractivity contribution in [3.63, 3.8) is 0 Å². The number of hydrogen-bond donors (Lipinski definition) is 2. The first-order chi connectivity index (χ1) is 8.60. The van der Waals surface area contributed by atoms with Crippen LogP contribution in [0.3, 0.4) is 0 Å². The monoisotopic (exact) mass is 252 g/mol. The molecule has 3 nitrogen and oxygen atoms in total. The Morgan fingerprint density at radius 3 is 2.67 bits per heavy atom. The molecule has 2 rings (SSSR count). The van der Waals surface area contributed by atoms with Gasteiger partial charge in [0.25, 0.3) is 0 Å². The molecule has 1 heterocycles. The van der Waals surface area contributed by atoms with Gasteiger partial charge in [0.05, 0.1) is 0 Å². The van der Waals surface area contributed by atoms with Crippen LogP contribution in [0.5, 0.6) is 0 Å². The quantitative estimate of drug-likeness (QED) is 0.762. The summed E-state index contributed by atoms with van der Waals surface area (Å²) in [5, 5.41) is 6.65. The average Bonchev–Trinajstić information content (AvgIpc) is 2.88. The van der Waals surface area contributed by atoms with Gasteiger partial charge in [-0.2, -0.15) is 0 Å². The molecule has 1 amide bonds. The number of amides is 1. The smallest absolute Gasteiger partial charge is 0.220 e. The van der Waals surface area contributed by atoms with Gasteiger partial charge >= 0.3 is 0 Å². The number of hydrogen-bond acceptors (Lipinski definition) is 2. The van der Waals surface area contributed by atoms with Gasteiger partial charge in [0, 0.05) is 25.6 Å². The highest BCUT2D eigenvalue weighted by molar-refractivity contribution is 5.78. The molecule has 18 heavy (non-hydrogen) atoms. The van der Waals surface area contributed by atoms with Gasteiger partial charge in [0.1, 0.15) is 0 Å². The van der Waals surface area contributed by atoms with Crippen molar-refractivity contribution in [2.45, 2.75) is 64.8 Å². The minimum absolute atomic E-state index is 0.222. The summed E-state index contributed by atoms with van der Waals surface area (Å²) in [4.78, 5) is 11.1. The molecule has 0 bridgehead atoms.